The zero-order chi connectivity index (χ0) is 18.8. The molecule has 0 bridgehead atoms. The van der Waals surface area contributed by atoms with Gasteiger partial charge in [0, 0.05) is 5.02 Å². The average Bonchev–Trinajstić information content (AvgIpc) is 2.70. The molecule has 1 amide bonds. The molecule has 3 rings (SSSR count). The molecule has 1 heterocycles. The van der Waals surface area contributed by atoms with E-state index in [4.69, 9.17) is 16.7 Å². The van der Waals surface area contributed by atoms with Crippen molar-refractivity contribution >= 4 is 28.9 Å². The van der Waals surface area contributed by atoms with E-state index in [1.54, 1.807) is 6.07 Å². The number of β-amino-alcohol motifs (C(OH)–C–C–N with tert-alkyl or cyclic N) is 1. The summed E-state index contributed by atoms with van der Waals surface area (Å²) in [7, 11) is 0. The first-order chi connectivity index (χ1) is 12.4. The van der Waals surface area contributed by atoms with Crippen molar-refractivity contribution in [1.29, 1.82) is 0 Å². The number of amides is 1. The molecule has 1 aliphatic rings. The molecule has 2 aromatic carbocycles. The number of carbonyl (C=O) groups is 1. The molecule has 0 saturated heterocycles. The van der Waals surface area contributed by atoms with Gasteiger partial charge >= 0.3 is 0 Å². The van der Waals surface area contributed by atoms with E-state index in [0.717, 1.165) is 0 Å². The molecule has 26 heavy (non-hydrogen) atoms. The molecule has 0 fully saturated rings. The third-order valence-electron chi connectivity index (χ3n) is 4.07. The lowest BCUT2D eigenvalue weighted by molar-refractivity contribution is -0.443. The van der Waals surface area contributed by atoms with Gasteiger partial charge in [0.2, 0.25) is 12.3 Å². The van der Waals surface area contributed by atoms with Crippen molar-refractivity contribution in [2.24, 2.45) is 0 Å². The molecule has 2 N–H and O–H groups in total. The number of benzodiazepines with no additional fused rings is 1. The molecule has 0 radical (unpaired) electrons. The summed E-state index contributed by atoms with van der Waals surface area (Å²) >= 11 is 6.07. The average molecular weight is 379 g/mol. The Morgan fingerprint density at radius 1 is 1.27 bits per heavy atom. The number of aliphatic hydroxyl groups excluding tert-OH is 2. The summed E-state index contributed by atoms with van der Waals surface area (Å²) in [6.45, 7) is -1.31. The quantitative estimate of drug-likeness (QED) is 0.624. The fourth-order valence-corrected chi connectivity index (χ4v) is 3.06. The molecule has 6 nitrogen and oxygen atoms in total. The Morgan fingerprint density at radius 3 is 2.69 bits per heavy atom. The van der Waals surface area contributed by atoms with Crippen molar-refractivity contribution < 1.29 is 24.1 Å². The Morgan fingerprint density at radius 2 is 2.00 bits per heavy atom. The lowest BCUT2D eigenvalue weighted by Crippen LogP contribution is -2.41. The summed E-state index contributed by atoms with van der Waals surface area (Å²) in [4.78, 5) is 13.7. The standard InChI is InChI=1S/C18H16ClFN2O4/c19-11-5-6-16-14(7-11)18(13-3-1-2-4-15(13)20)22(26)9-17(25)21(16)8-12(24)10-23/h1-7,12,23-24H,8-10H2. The minimum absolute atomic E-state index is 0.0186. The number of hydrogen-bond acceptors (Lipinski definition) is 4. The largest absolute Gasteiger partial charge is 0.623 e. The fourth-order valence-electron chi connectivity index (χ4n) is 2.89. The van der Waals surface area contributed by atoms with Gasteiger partial charge in [-0.3, -0.25) is 4.79 Å². The first-order valence-electron chi connectivity index (χ1n) is 7.88. The van der Waals surface area contributed by atoms with Crippen LogP contribution in [0.1, 0.15) is 11.1 Å². The van der Waals surface area contributed by atoms with Crippen LogP contribution in [0.5, 0.6) is 0 Å². The number of anilines is 1. The number of nitrogens with zero attached hydrogens (tertiary/aromatic N) is 2. The number of benzene rings is 2. The number of rotatable bonds is 4. The smallest absolute Gasteiger partial charge is 0.293 e. The number of carbonyl (C=O) groups excluding carboxylic acids is 1. The van der Waals surface area contributed by atoms with Gasteiger partial charge in [0.25, 0.3) is 5.91 Å². The maximum absolute atomic E-state index is 14.3. The van der Waals surface area contributed by atoms with Crippen LogP contribution in [0.25, 0.3) is 0 Å². The highest BCUT2D eigenvalue weighted by Crippen LogP contribution is 2.30. The summed E-state index contributed by atoms with van der Waals surface area (Å²) in [5.41, 5.74) is 0.607. The summed E-state index contributed by atoms with van der Waals surface area (Å²) in [6, 6.07) is 10.3. The summed E-state index contributed by atoms with van der Waals surface area (Å²) in [5.74, 6) is -1.19. The molecule has 0 aromatic heterocycles. The van der Waals surface area contributed by atoms with Crippen molar-refractivity contribution in [3.05, 3.63) is 69.6 Å². The van der Waals surface area contributed by atoms with Gasteiger partial charge in [0.1, 0.15) is 5.82 Å². The SMILES string of the molecule is O=C1C[N+]([O-])=C(c2ccccc2F)c2cc(Cl)ccc2N1CC(O)CO. The molecule has 8 heteroatoms. The van der Waals surface area contributed by atoms with Gasteiger partial charge in [0.15, 0.2) is 0 Å². The zero-order valence-corrected chi connectivity index (χ0v) is 14.4. The van der Waals surface area contributed by atoms with Gasteiger partial charge in [-0.2, -0.15) is 4.74 Å². The molecule has 1 atom stereocenters. The van der Waals surface area contributed by atoms with E-state index in [0.29, 0.717) is 15.4 Å². The highest BCUT2D eigenvalue weighted by atomic mass is 35.5. The Labute approximate surface area is 154 Å². The van der Waals surface area contributed by atoms with Gasteiger partial charge in [-0.05, 0) is 30.3 Å². The van der Waals surface area contributed by atoms with E-state index < -0.39 is 31.0 Å². The summed E-state index contributed by atoms with van der Waals surface area (Å²) in [6.07, 6.45) is -1.18. The van der Waals surface area contributed by atoms with Crippen molar-refractivity contribution in [1.82, 2.24) is 0 Å². The lowest BCUT2D eigenvalue weighted by atomic mass is 9.99. The maximum Gasteiger partial charge on any atom is 0.293 e. The van der Waals surface area contributed by atoms with E-state index in [2.05, 4.69) is 0 Å². The monoisotopic (exact) mass is 378 g/mol. The molecular weight excluding hydrogens is 363 g/mol. The Bertz CT molecular complexity index is 887. The van der Waals surface area contributed by atoms with Gasteiger partial charge in [-0.25, -0.2) is 4.39 Å². The maximum atomic E-state index is 14.3. The highest BCUT2D eigenvalue weighted by molar-refractivity contribution is 6.31. The minimum Gasteiger partial charge on any atom is -0.623 e. The Balaban J connectivity index is 2.23. The van der Waals surface area contributed by atoms with Crippen LogP contribution in [-0.4, -0.2) is 52.4 Å². The van der Waals surface area contributed by atoms with Crippen LogP contribution in [0, 0.1) is 11.0 Å². The molecule has 0 saturated carbocycles. The van der Waals surface area contributed by atoms with Crippen molar-refractivity contribution in [2.45, 2.75) is 6.10 Å². The molecule has 2 aromatic rings. The van der Waals surface area contributed by atoms with Crippen LogP contribution in [0.4, 0.5) is 10.1 Å². The molecule has 0 aliphatic carbocycles. The number of hydrogen-bond donors (Lipinski definition) is 2. The van der Waals surface area contributed by atoms with Crippen LogP contribution < -0.4 is 4.90 Å². The van der Waals surface area contributed by atoms with E-state index in [1.165, 1.54) is 41.3 Å². The molecular formula is C18H16ClFN2O4. The third kappa shape index (κ3) is 3.41. The number of halogens is 2. The van der Waals surface area contributed by atoms with Crippen LogP contribution in [0.2, 0.25) is 5.02 Å². The van der Waals surface area contributed by atoms with Gasteiger partial charge in [-0.15, -0.1) is 0 Å². The fraction of sp³-hybridized carbons (Fsp3) is 0.222. The van der Waals surface area contributed by atoms with Crippen molar-refractivity contribution in [3.8, 4) is 0 Å². The predicted molar refractivity (Wildman–Crippen MR) is 95.0 cm³/mol. The first kappa shape index (κ1) is 18.3. The van der Waals surface area contributed by atoms with Crippen LogP contribution in [-0.2, 0) is 4.79 Å². The second kappa shape index (κ2) is 7.41. The Kier molecular flexibility index (Phi) is 5.22. The predicted octanol–water partition coefficient (Wildman–Crippen LogP) is 1.53. The molecule has 136 valence electrons. The normalized spacial score (nSPS) is 15.7. The van der Waals surface area contributed by atoms with Gasteiger partial charge < -0.3 is 20.3 Å². The van der Waals surface area contributed by atoms with Crippen molar-refractivity contribution in [2.75, 3.05) is 24.6 Å². The lowest BCUT2D eigenvalue weighted by Gasteiger charge is -2.23. The van der Waals surface area contributed by atoms with Gasteiger partial charge in [-0.1, -0.05) is 23.7 Å². The van der Waals surface area contributed by atoms with Gasteiger partial charge in [0.05, 0.1) is 36.1 Å². The zero-order valence-electron chi connectivity index (χ0n) is 13.6. The van der Waals surface area contributed by atoms with E-state index in [1.807, 2.05) is 0 Å². The molecule has 1 unspecified atom stereocenters. The van der Waals surface area contributed by atoms with E-state index in [9.17, 15) is 19.5 Å². The molecule has 1 aliphatic heterocycles. The third-order valence-corrected chi connectivity index (χ3v) is 4.30. The Hall–Kier alpha value is -2.48. The second-order valence-electron chi connectivity index (χ2n) is 5.87. The van der Waals surface area contributed by atoms with E-state index >= 15 is 0 Å². The summed E-state index contributed by atoms with van der Waals surface area (Å²) < 4.78 is 14.8. The minimum atomic E-state index is -1.18. The number of hydroxylamine groups is 1. The number of fused-ring (bicyclic) bond motifs is 1. The van der Waals surface area contributed by atoms with Crippen LogP contribution >= 0.6 is 11.6 Å². The molecule has 0 spiro atoms. The van der Waals surface area contributed by atoms with Crippen LogP contribution in [0.3, 0.4) is 0 Å². The van der Waals surface area contributed by atoms with Crippen molar-refractivity contribution in [3.63, 3.8) is 0 Å². The second-order valence-corrected chi connectivity index (χ2v) is 6.30. The first-order valence-corrected chi connectivity index (χ1v) is 8.26. The number of aliphatic hydroxyl groups is 2. The summed E-state index contributed by atoms with van der Waals surface area (Å²) in [5, 5.41) is 31.8. The van der Waals surface area contributed by atoms with E-state index in [-0.39, 0.29) is 23.4 Å². The highest BCUT2D eigenvalue weighted by Gasteiger charge is 2.33. The van der Waals surface area contributed by atoms with Crippen LogP contribution in [0.15, 0.2) is 42.5 Å². The topological polar surface area (TPSA) is 86.8 Å².